The standard InChI is InChI=1S/C24H30N8O/c1-15(2)5-10-20(33)29-24-30-22(21-23(31-24)32(14-27-21)16(3)4)28-19-8-6-17(7-9-19)18-11-25-13-26-12-18/h6-9,11-16,20,33H,5,10H2,1-4H3,(H2,28,29,30,31)/t20-/m0/s1. The Labute approximate surface area is 193 Å². The third-order valence-corrected chi connectivity index (χ3v) is 5.33. The van der Waals surface area contributed by atoms with E-state index in [1.807, 2.05) is 28.8 Å². The van der Waals surface area contributed by atoms with E-state index in [1.165, 1.54) is 6.33 Å². The van der Waals surface area contributed by atoms with Crippen molar-refractivity contribution < 1.29 is 5.11 Å². The molecule has 0 amide bonds. The molecule has 0 aliphatic rings. The number of aliphatic hydroxyl groups excluding tert-OH is 1. The number of nitrogens with zero attached hydrogens (tertiary/aromatic N) is 6. The lowest BCUT2D eigenvalue weighted by Gasteiger charge is -2.16. The van der Waals surface area contributed by atoms with Gasteiger partial charge in [-0.05, 0) is 50.3 Å². The molecular formula is C24H30N8O. The van der Waals surface area contributed by atoms with E-state index in [9.17, 15) is 5.11 Å². The summed E-state index contributed by atoms with van der Waals surface area (Å²) in [5, 5.41) is 16.8. The van der Waals surface area contributed by atoms with Crippen LogP contribution in [-0.2, 0) is 0 Å². The van der Waals surface area contributed by atoms with Crippen LogP contribution in [0.1, 0.15) is 46.6 Å². The van der Waals surface area contributed by atoms with E-state index in [2.05, 4.69) is 63.2 Å². The summed E-state index contributed by atoms with van der Waals surface area (Å²) >= 11 is 0. The average molecular weight is 447 g/mol. The van der Waals surface area contributed by atoms with Gasteiger partial charge in [-0.2, -0.15) is 9.97 Å². The number of imidazole rings is 1. The van der Waals surface area contributed by atoms with E-state index in [4.69, 9.17) is 0 Å². The molecule has 3 N–H and O–H groups in total. The maximum Gasteiger partial charge on any atom is 0.228 e. The Bertz CT molecular complexity index is 1190. The van der Waals surface area contributed by atoms with Crippen molar-refractivity contribution in [1.29, 1.82) is 0 Å². The first-order chi connectivity index (χ1) is 15.9. The van der Waals surface area contributed by atoms with Crippen LogP contribution in [0.2, 0.25) is 0 Å². The number of anilines is 3. The molecule has 1 aromatic carbocycles. The summed E-state index contributed by atoms with van der Waals surface area (Å²) in [4.78, 5) is 22.0. The molecule has 4 rings (SSSR count). The molecule has 0 aliphatic heterocycles. The third kappa shape index (κ3) is 5.43. The maximum atomic E-state index is 10.4. The highest BCUT2D eigenvalue weighted by atomic mass is 16.3. The minimum Gasteiger partial charge on any atom is -0.374 e. The lowest BCUT2D eigenvalue weighted by molar-refractivity contribution is 0.183. The largest absolute Gasteiger partial charge is 0.374 e. The first-order valence-electron chi connectivity index (χ1n) is 11.2. The van der Waals surface area contributed by atoms with Gasteiger partial charge in [0.2, 0.25) is 5.95 Å². The Morgan fingerprint density at radius 1 is 0.939 bits per heavy atom. The zero-order valence-corrected chi connectivity index (χ0v) is 19.4. The summed E-state index contributed by atoms with van der Waals surface area (Å²) in [6.45, 7) is 8.42. The first kappa shape index (κ1) is 22.6. The van der Waals surface area contributed by atoms with Crippen LogP contribution in [0.4, 0.5) is 17.5 Å². The van der Waals surface area contributed by atoms with Crippen LogP contribution in [0.3, 0.4) is 0 Å². The van der Waals surface area contributed by atoms with Gasteiger partial charge in [-0.15, -0.1) is 0 Å². The van der Waals surface area contributed by atoms with E-state index in [0.717, 1.165) is 23.2 Å². The van der Waals surface area contributed by atoms with Crippen molar-refractivity contribution in [2.24, 2.45) is 5.92 Å². The van der Waals surface area contributed by atoms with Crippen LogP contribution in [-0.4, -0.2) is 40.8 Å². The minimum atomic E-state index is -0.722. The molecular weight excluding hydrogens is 416 g/mol. The quantitative estimate of drug-likeness (QED) is 0.315. The van der Waals surface area contributed by atoms with E-state index in [-0.39, 0.29) is 6.04 Å². The van der Waals surface area contributed by atoms with Crippen molar-refractivity contribution in [1.82, 2.24) is 29.5 Å². The minimum absolute atomic E-state index is 0.184. The molecule has 0 saturated heterocycles. The van der Waals surface area contributed by atoms with Crippen LogP contribution in [0.5, 0.6) is 0 Å². The number of rotatable bonds is 9. The van der Waals surface area contributed by atoms with Crippen molar-refractivity contribution in [2.45, 2.75) is 52.8 Å². The third-order valence-electron chi connectivity index (χ3n) is 5.33. The molecule has 9 heteroatoms. The zero-order valence-electron chi connectivity index (χ0n) is 19.4. The number of nitrogens with one attached hydrogen (secondary N) is 2. The number of aromatic nitrogens is 6. The van der Waals surface area contributed by atoms with Gasteiger partial charge in [0.25, 0.3) is 0 Å². The SMILES string of the molecule is CC(C)CC[C@H](O)Nc1nc(Nc2ccc(-c3cncnc3)cc2)c2ncn(C(C)C)c2n1. The van der Waals surface area contributed by atoms with Crippen molar-refractivity contribution in [3.63, 3.8) is 0 Å². The Hall–Kier alpha value is -3.59. The Balaban J connectivity index is 1.63. The van der Waals surface area contributed by atoms with E-state index in [0.29, 0.717) is 35.3 Å². The molecule has 172 valence electrons. The van der Waals surface area contributed by atoms with Gasteiger partial charge in [-0.1, -0.05) is 26.0 Å². The molecule has 9 nitrogen and oxygen atoms in total. The van der Waals surface area contributed by atoms with Crippen LogP contribution >= 0.6 is 0 Å². The average Bonchev–Trinajstić information content (AvgIpc) is 3.23. The Morgan fingerprint density at radius 3 is 2.33 bits per heavy atom. The van der Waals surface area contributed by atoms with Gasteiger partial charge in [0.1, 0.15) is 12.6 Å². The van der Waals surface area contributed by atoms with E-state index in [1.54, 1.807) is 18.7 Å². The van der Waals surface area contributed by atoms with Crippen LogP contribution < -0.4 is 10.6 Å². The van der Waals surface area contributed by atoms with Gasteiger partial charge in [0.15, 0.2) is 17.0 Å². The van der Waals surface area contributed by atoms with Gasteiger partial charge in [0.05, 0.1) is 6.33 Å². The second-order valence-corrected chi connectivity index (χ2v) is 8.77. The molecule has 1 atom stereocenters. The van der Waals surface area contributed by atoms with Gasteiger partial charge in [-0.25, -0.2) is 15.0 Å². The predicted octanol–water partition coefficient (Wildman–Crippen LogP) is 4.77. The lowest BCUT2D eigenvalue weighted by Crippen LogP contribution is -2.21. The summed E-state index contributed by atoms with van der Waals surface area (Å²) in [5.41, 5.74) is 4.21. The molecule has 4 aromatic rings. The summed E-state index contributed by atoms with van der Waals surface area (Å²) in [7, 11) is 0. The normalized spacial score (nSPS) is 12.5. The molecule has 33 heavy (non-hydrogen) atoms. The summed E-state index contributed by atoms with van der Waals surface area (Å²) in [5.74, 6) is 1.45. The number of benzene rings is 1. The fourth-order valence-corrected chi connectivity index (χ4v) is 3.49. The highest BCUT2D eigenvalue weighted by Crippen LogP contribution is 2.27. The second kappa shape index (κ2) is 9.91. The summed E-state index contributed by atoms with van der Waals surface area (Å²) in [6, 6.07) is 8.13. The number of aliphatic hydroxyl groups is 1. The Morgan fingerprint density at radius 2 is 1.67 bits per heavy atom. The van der Waals surface area contributed by atoms with E-state index < -0.39 is 6.23 Å². The van der Waals surface area contributed by atoms with Crippen LogP contribution in [0, 0.1) is 5.92 Å². The first-order valence-corrected chi connectivity index (χ1v) is 11.2. The number of hydrogen-bond acceptors (Lipinski definition) is 8. The van der Waals surface area contributed by atoms with E-state index >= 15 is 0 Å². The lowest BCUT2D eigenvalue weighted by atomic mass is 10.1. The molecule has 3 heterocycles. The molecule has 0 aliphatic carbocycles. The van der Waals surface area contributed by atoms with Crippen molar-refractivity contribution in [3.05, 3.63) is 49.3 Å². The fourth-order valence-electron chi connectivity index (χ4n) is 3.49. The van der Waals surface area contributed by atoms with Gasteiger partial charge in [0, 0.05) is 29.7 Å². The van der Waals surface area contributed by atoms with Gasteiger partial charge in [-0.3, -0.25) is 0 Å². The number of hydrogen-bond donors (Lipinski definition) is 3. The second-order valence-electron chi connectivity index (χ2n) is 8.77. The van der Waals surface area contributed by atoms with Crippen molar-refractivity contribution in [3.8, 4) is 11.1 Å². The molecule has 0 saturated carbocycles. The fraction of sp³-hybridized carbons (Fsp3) is 0.375. The maximum absolute atomic E-state index is 10.4. The van der Waals surface area contributed by atoms with Crippen LogP contribution in [0.25, 0.3) is 22.3 Å². The number of fused-ring (bicyclic) bond motifs is 1. The molecule has 0 fully saturated rings. The Kier molecular flexibility index (Phi) is 6.79. The summed E-state index contributed by atoms with van der Waals surface area (Å²) < 4.78 is 1.99. The van der Waals surface area contributed by atoms with Crippen molar-refractivity contribution in [2.75, 3.05) is 10.6 Å². The monoisotopic (exact) mass is 446 g/mol. The molecule has 0 unspecified atom stereocenters. The predicted molar refractivity (Wildman–Crippen MR) is 130 cm³/mol. The zero-order chi connectivity index (χ0) is 23.4. The molecule has 0 bridgehead atoms. The topological polar surface area (TPSA) is 114 Å². The smallest absolute Gasteiger partial charge is 0.228 e. The molecule has 0 spiro atoms. The highest BCUT2D eigenvalue weighted by molar-refractivity contribution is 5.86. The van der Waals surface area contributed by atoms with Crippen LogP contribution in [0.15, 0.2) is 49.3 Å². The summed E-state index contributed by atoms with van der Waals surface area (Å²) in [6.07, 6.45) is 7.66. The highest BCUT2D eigenvalue weighted by Gasteiger charge is 2.17. The van der Waals surface area contributed by atoms with Gasteiger partial charge < -0.3 is 20.3 Å². The van der Waals surface area contributed by atoms with Gasteiger partial charge >= 0.3 is 0 Å². The van der Waals surface area contributed by atoms with Crippen molar-refractivity contribution >= 4 is 28.6 Å². The molecule has 3 aromatic heterocycles. The molecule has 0 radical (unpaired) electrons.